The number of carboxylic acids is 1. The summed E-state index contributed by atoms with van der Waals surface area (Å²) >= 11 is 0. The number of carboxylic acid groups (broad SMARTS) is 1. The average molecular weight is 224 g/mol. The van der Waals surface area contributed by atoms with Crippen molar-refractivity contribution in [3.63, 3.8) is 0 Å². The van der Waals surface area contributed by atoms with Crippen LogP contribution in [0.5, 0.6) is 0 Å². The van der Waals surface area contributed by atoms with Gasteiger partial charge in [-0.25, -0.2) is 9.48 Å². The van der Waals surface area contributed by atoms with E-state index in [1.807, 2.05) is 13.8 Å². The van der Waals surface area contributed by atoms with Crippen LogP contribution in [0.3, 0.4) is 0 Å². The van der Waals surface area contributed by atoms with Gasteiger partial charge in [0.2, 0.25) is 0 Å². The molecular weight excluding hydrogens is 208 g/mol. The lowest BCUT2D eigenvalue weighted by Gasteiger charge is -2.27. The smallest absolute Gasteiger partial charge is 0.331 e. The third kappa shape index (κ3) is 1.48. The Labute approximate surface area is 93.6 Å². The van der Waals surface area contributed by atoms with Crippen molar-refractivity contribution in [1.82, 2.24) is 20.2 Å². The van der Waals surface area contributed by atoms with Crippen molar-refractivity contribution in [1.29, 1.82) is 0 Å². The third-order valence-electron chi connectivity index (χ3n) is 3.41. The third-order valence-corrected chi connectivity index (χ3v) is 3.41. The summed E-state index contributed by atoms with van der Waals surface area (Å²) in [5.74, 6) is 0.227. The van der Waals surface area contributed by atoms with Gasteiger partial charge in [0.15, 0.2) is 11.4 Å². The van der Waals surface area contributed by atoms with Gasteiger partial charge in [0.1, 0.15) is 0 Å². The highest BCUT2D eigenvalue weighted by atomic mass is 16.4. The molecule has 0 aromatic carbocycles. The summed E-state index contributed by atoms with van der Waals surface area (Å²) in [4.78, 5) is 11.5. The predicted octanol–water partition coefficient (Wildman–Crippen LogP) is 1.15. The molecule has 1 aliphatic carbocycles. The van der Waals surface area contributed by atoms with Crippen molar-refractivity contribution in [3.05, 3.63) is 5.82 Å². The average Bonchev–Trinajstić information content (AvgIpc) is 3.00. The molecule has 0 bridgehead atoms. The van der Waals surface area contributed by atoms with Gasteiger partial charge in [-0.2, -0.15) is 0 Å². The summed E-state index contributed by atoms with van der Waals surface area (Å²) in [7, 11) is 0. The topological polar surface area (TPSA) is 80.9 Å². The molecular formula is C10H16N4O2. The number of carbonyl (C=O) groups is 1. The maximum atomic E-state index is 11.5. The number of hydrogen-bond donors (Lipinski definition) is 1. The molecule has 16 heavy (non-hydrogen) atoms. The maximum Gasteiger partial charge on any atom is 0.331 e. The molecule has 0 unspecified atom stereocenters. The first-order valence-electron chi connectivity index (χ1n) is 5.68. The highest BCUT2D eigenvalue weighted by molar-refractivity contribution is 5.76. The summed E-state index contributed by atoms with van der Waals surface area (Å²) in [5, 5.41) is 20.9. The van der Waals surface area contributed by atoms with Gasteiger partial charge < -0.3 is 5.11 Å². The highest BCUT2D eigenvalue weighted by Crippen LogP contribution is 2.40. The Morgan fingerprint density at radius 1 is 1.50 bits per heavy atom. The first-order chi connectivity index (χ1) is 7.65. The molecule has 1 fully saturated rings. The summed E-state index contributed by atoms with van der Waals surface area (Å²) in [6.07, 6.45) is 3.10. The normalized spacial score (nSPS) is 16.4. The van der Waals surface area contributed by atoms with Gasteiger partial charge in [-0.15, -0.1) is 5.10 Å². The first kappa shape index (κ1) is 11.0. The Hall–Kier alpha value is -1.46. The Morgan fingerprint density at radius 3 is 2.56 bits per heavy atom. The van der Waals surface area contributed by atoms with Crippen LogP contribution in [0.4, 0.5) is 0 Å². The predicted molar refractivity (Wildman–Crippen MR) is 56.0 cm³/mol. The summed E-state index contributed by atoms with van der Waals surface area (Å²) in [6, 6.07) is 0. The second-order valence-electron chi connectivity index (χ2n) is 4.27. The molecule has 1 aromatic heterocycles. The Morgan fingerprint density at radius 2 is 2.12 bits per heavy atom. The fourth-order valence-electron chi connectivity index (χ4n) is 2.04. The fraction of sp³-hybridized carbons (Fsp3) is 0.800. The van der Waals surface area contributed by atoms with Crippen LogP contribution >= 0.6 is 0 Å². The second kappa shape index (κ2) is 3.84. The van der Waals surface area contributed by atoms with E-state index in [0.29, 0.717) is 18.8 Å². The van der Waals surface area contributed by atoms with Crippen LogP contribution in [-0.2, 0) is 10.3 Å². The number of hydrogen-bond acceptors (Lipinski definition) is 4. The van der Waals surface area contributed by atoms with Crippen LogP contribution in [0.2, 0.25) is 0 Å². The zero-order valence-electron chi connectivity index (χ0n) is 9.55. The minimum atomic E-state index is -0.985. The van der Waals surface area contributed by atoms with E-state index >= 15 is 0 Å². The largest absolute Gasteiger partial charge is 0.479 e. The molecule has 1 aliphatic rings. The van der Waals surface area contributed by atoms with E-state index in [1.165, 1.54) is 4.68 Å². The standard InChI is InChI=1S/C10H16N4O2/c1-3-10(4-2,9(15)16)14-8(7-5-6-7)11-12-13-14/h7H,3-6H2,1-2H3,(H,15,16). The minimum Gasteiger partial charge on any atom is -0.479 e. The SMILES string of the molecule is CCC(CC)(C(=O)O)n1nnnc1C1CC1. The van der Waals surface area contributed by atoms with Gasteiger partial charge in [0.25, 0.3) is 0 Å². The van der Waals surface area contributed by atoms with Gasteiger partial charge in [0.05, 0.1) is 0 Å². The molecule has 1 heterocycles. The van der Waals surface area contributed by atoms with E-state index in [1.54, 1.807) is 0 Å². The van der Waals surface area contributed by atoms with E-state index in [9.17, 15) is 9.90 Å². The molecule has 0 aliphatic heterocycles. The van der Waals surface area contributed by atoms with Gasteiger partial charge in [0, 0.05) is 5.92 Å². The molecule has 1 aromatic rings. The van der Waals surface area contributed by atoms with E-state index < -0.39 is 11.5 Å². The van der Waals surface area contributed by atoms with Crippen LogP contribution in [0.15, 0.2) is 0 Å². The number of rotatable bonds is 5. The molecule has 88 valence electrons. The van der Waals surface area contributed by atoms with E-state index in [0.717, 1.165) is 18.7 Å². The van der Waals surface area contributed by atoms with Gasteiger partial charge >= 0.3 is 5.97 Å². The van der Waals surface area contributed by atoms with Crippen molar-refractivity contribution >= 4 is 5.97 Å². The molecule has 0 saturated heterocycles. The lowest BCUT2D eigenvalue weighted by atomic mass is 9.93. The zero-order chi connectivity index (χ0) is 11.8. The van der Waals surface area contributed by atoms with Crippen molar-refractivity contribution in [2.24, 2.45) is 0 Å². The van der Waals surface area contributed by atoms with Crippen LogP contribution in [-0.4, -0.2) is 31.3 Å². The van der Waals surface area contributed by atoms with Gasteiger partial charge in [-0.3, -0.25) is 0 Å². The Bertz CT molecular complexity index is 393. The van der Waals surface area contributed by atoms with Crippen LogP contribution in [0.1, 0.15) is 51.3 Å². The molecule has 0 radical (unpaired) electrons. The lowest BCUT2D eigenvalue weighted by Crippen LogP contribution is -2.42. The number of aliphatic carboxylic acids is 1. The van der Waals surface area contributed by atoms with Crippen molar-refractivity contribution in [3.8, 4) is 0 Å². The molecule has 0 atom stereocenters. The molecule has 0 spiro atoms. The van der Waals surface area contributed by atoms with Gasteiger partial charge in [-0.1, -0.05) is 13.8 Å². The molecule has 1 N–H and O–H groups in total. The number of tetrazole rings is 1. The maximum absolute atomic E-state index is 11.5. The van der Waals surface area contributed by atoms with Crippen molar-refractivity contribution < 1.29 is 9.90 Å². The minimum absolute atomic E-state index is 0.354. The van der Waals surface area contributed by atoms with Gasteiger partial charge in [-0.05, 0) is 36.1 Å². The van der Waals surface area contributed by atoms with E-state index in [2.05, 4.69) is 15.5 Å². The molecule has 2 rings (SSSR count). The van der Waals surface area contributed by atoms with Crippen LogP contribution in [0.25, 0.3) is 0 Å². The lowest BCUT2D eigenvalue weighted by molar-refractivity contribution is -0.148. The summed E-state index contributed by atoms with van der Waals surface area (Å²) < 4.78 is 1.52. The highest BCUT2D eigenvalue weighted by Gasteiger charge is 2.43. The number of aromatic nitrogens is 4. The molecule has 1 saturated carbocycles. The number of nitrogens with zero attached hydrogens (tertiary/aromatic N) is 4. The quantitative estimate of drug-likeness (QED) is 0.811. The van der Waals surface area contributed by atoms with Crippen molar-refractivity contribution in [2.75, 3.05) is 0 Å². The van der Waals surface area contributed by atoms with E-state index in [-0.39, 0.29) is 0 Å². The Balaban J connectivity index is 2.45. The monoisotopic (exact) mass is 224 g/mol. The van der Waals surface area contributed by atoms with Crippen LogP contribution < -0.4 is 0 Å². The zero-order valence-corrected chi connectivity index (χ0v) is 9.55. The fourth-order valence-corrected chi connectivity index (χ4v) is 2.04. The van der Waals surface area contributed by atoms with Crippen molar-refractivity contribution in [2.45, 2.75) is 51.0 Å². The molecule has 6 heteroatoms. The molecule has 6 nitrogen and oxygen atoms in total. The summed E-state index contributed by atoms with van der Waals surface area (Å²) in [5.41, 5.74) is -0.985. The van der Waals surface area contributed by atoms with E-state index in [4.69, 9.17) is 0 Å². The molecule has 0 amide bonds. The second-order valence-corrected chi connectivity index (χ2v) is 4.27. The van der Waals surface area contributed by atoms with Crippen LogP contribution in [0, 0.1) is 0 Å². The first-order valence-corrected chi connectivity index (χ1v) is 5.68. The summed E-state index contributed by atoms with van der Waals surface area (Å²) in [6.45, 7) is 3.71. The Kier molecular flexibility index (Phi) is 2.65.